The number of halogens is 1. The number of benzene rings is 2. The van der Waals surface area contributed by atoms with Crippen LogP contribution in [0.25, 0.3) is 5.57 Å². The van der Waals surface area contributed by atoms with Crippen molar-refractivity contribution in [2.45, 2.75) is 38.5 Å². The van der Waals surface area contributed by atoms with Crippen molar-refractivity contribution in [2.24, 2.45) is 5.73 Å². The Balaban J connectivity index is 1.38. The molecule has 1 fully saturated rings. The molecule has 2 aliphatic heterocycles. The second-order valence-electron chi connectivity index (χ2n) is 10.4. The van der Waals surface area contributed by atoms with Crippen molar-refractivity contribution in [3.8, 4) is 5.75 Å². The topological polar surface area (TPSA) is 91.9 Å². The molecular formula is C30H33ClN4O3. The predicted octanol–water partition coefficient (Wildman–Crippen LogP) is 4.35. The number of carbonyl (C=O) groups is 1. The maximum atomic E-state index is 12.4. The molecule has 1 aromatic heterocycles. The van der Waals surface area contributed by atoms with E-state index in [-0.39, 0.29) is 5.91 Å². The second kappa shape index (κ2) is 10.8. The molecule has 5 rings (SSSR count). The maximum absolute atomic E-state index is 12.4. The molecule has 0 aliphatic carbocycles. The summed E-state index contributed by atoms with van der Waals surface area (Å²) in [5.41, 5.74) is 10.5. The molecule has 7 nitrogen and oxygen atoms in total. The largest absolute Gasteiger partial charge is 0.487 e. The molecule has 1 saturated heterocycles. The number of hydrogen-bond donors (Lipinski definition) is 2. The van der Waals surface area contributed by atoms with Crippen LogP contribution in [-0.2, 0) is 17.0 Å². The Bertz CT molecular complexity index is 1350. The van der Waals surface area contributed by atoms with Crippen LogP contribution in [0.1, 0.15) is 42.7 Å². The van der Waals surface area contributed by atoms with Gasteiger partial charge in [0.15, 0.2) is 0 Å². The average Bonchev–Trinajstić information content (AvgIpc) is 3.05. The highest BCUT2D eigenvalue weighted by Gasteiger charge is 2.31. The smallest absolute Gasteiger partial charge is 0.241 e. The predicted molar refractivity (Wildman–Crippen MR) is 150 cm³/mol. The van der Waals surface area contributed by atoms with Crippen LogP contribution in [-0.4, -0.2) is 53.1 Å². The third kappa shape index (κ3) is 5.55. The normalized spacial score (nSPS) is 18.9. The van der Waals surface area contributed by atoms with Crippen molar-refractivity contribution in [1.82, 2.24) is 9.88 Å². The molecule has 3 N–H and O–H groups in total. The van der Waals surface area contributed by atoms with Gasteiger partial charge in [0.1, 0.15) is 18.4 Å². The Hall–Kier alpha value is -3.39. The molecule has 1 atom stereocenters. The monoisotopic (exact) mass is 532 g/mol. The van der Waals surface area contributed by atoms with Crippen LogP contribution in [0.4, 0.5) is 5.69 Å². The van der Waals surface area contributed by atoms with E-state index in [0.29, 0.717) is 24.7 Å². The maximum Gasteiger partial charge on any atom is 0.241 e. The number of fused-ring (bicyclic) bond motifs is 2. The number of carbonyl (C=O) groups excluding carboxylic acids is 1. The fourth-order valence-electron chi connectivity index (χ4n) is 5.18. The number of nitrogens with two attached hydrogens (primary N) is 1. The van der Waals surface area contributed by atoms with Gasteiger partial charge in [0.25, 0.3) is 0 Å². The molecule has 0 saturated carbocycles. The lowest BCUT2D eigenvalue weighted by Gasteiger charge is -2.41. The molecule has 198 valence electrons. The molecular weight excluding hydrogens is 500 g/mol. The zero-order valence-electron chi connectivity index (χ0n) is 21.7. The number of piperazine rings is 1. The van der Waals surface area contributed by atoms with Crippen LogP contribution < -0.4 is 15.4 Å². The molecule has 0 radical (unpaired) electrons. The molecule has 2 aliphatic rings. The summed E-state index contributed by atoms with van der Waals surface area (Å²) in [5.74, 6) is 0.435. The lowest BCUT2D eigenvalue weighted by atomic mass is 9.90. The number of amides is 1. The zero-order chi connectivity index (χ0) is 26.9. The van der Waals surface area contributed by atoms with E-state index in [2.05, 4.69) is 26.9 Å². The van der Waals surface area contributed by atoms with E-state index >= 15 is 0 Å². The molecule has 0 bridgehead atoms. The SMILES string of the molecule is CC(C)(O)c1ccc2c(c1)C(=CCCN1CCN(c3ccc(Cl)cc3)C(C(N)=O)C1)c1cccnc1CO2. The van der Waals surface area contributed by atoms with Gasteiger partial charge in [-0.3, -0.25) is 14.7 Å². The minimum atomic E-state index is -0.974. The van der Waals surface area contributed by atoms with Crippen LogP contribution in [0, 0.1) is 0 Å². The van der Waals surface area contributed by atoms with E-state index in [1.54, 1.807) is 20.0 Å². The number of aromatic nitrogens is 1. The Labute approximate surface area is 228 Å². The van der Waals surface area contributed by atoms with Crippen LogP contribution in [0.3, 0.4) is 0 Å². The summed E-state index contributed by atoms with van der Waals surface area (Å²) < 4.78 is 6.11. The molecule has 1 unspecified atom stereocenters. The summed E-state index contributed by atoms with van der Waals surface area (Å²) in [5, 5.41) is 11.3. The van der Waals surface area contributed by atoms with Crippen LogP contribution in [0.5, 0.6) is 5.75 Å². The Morgan fingerprint density at radius 2 is 1.97 bits per heavy atom. The van der Waals surface area contributed by atoms with Gasteiger partial charge < -0.3 is 20.5 Å². The van der Waals surface area contributed by atoms with Crippen molar-refractivity contribution < 1.29 is 14.6 Å². The van der Waals surface area contributed by atoms with Crippen LogP contribution >= 0.6 is 11.6 Å². The Morgan fingerprint density at radius 1 is 1.18 bits per heavy atom. The van der Waals surface area contributed by atoms with Crippen molar-refractivity contribution in [3.05, 3.63) is 94.3 Å². The summed E-state index contributed by atoms with van der Waals surface area (Å²) in [7, 11) is 0. The quantitative estimate of drug-likeness (QED) is 0.490. The van der Waals surface area contributed by atoms with E-state index < -0.39 is 11.6 Å². The van der Waals surface area contributed by atoms with Gasteiger partial charge in [0.05, 0.1) is 11.3 Å². The van der Waals surface area contributed by atoms with Gasteiger partial charge in [-0.15, -0.1) is 0 Å². The van der Waals surface area contributed by atoms with E-state index in [1.807, 2.05) is 48.5 Å². The fourth-order valence-corrected chi connectivity index (χ4v) is 5.30. The third-order valence-electron chi connectivity index (χ3n) is 7.27. The fraction of sp³-hybridized carbons (Fsp3) is 0.333. The van der Waals surface area contributed by atoms with Gasteiger partial charge in [0, 0.05) is 54.2 Å². The first-order valence-electron chi connectivity index (χ1n) is 12.9. The molecule has 3 heterocycles. The standard InChI is InChI=1S/C30H33ClN4O3/c1-30(2,37)20-7-12-28-25(17-20)23(24-5-3-13-33-26(24)19-38-28)6-4-14-34-15-16-35(27(18-34)29(32)36)22-10-8-21(31)9-11-22/h3,5-13,17,27,37H,4,14-16,18-19H2,1-2H3,(H2,32,36). The zero-order valence-corrected chi connectivity index (χ0v) is 22.5. The van der Waals surface area contributed by atoms with Crippen molar-refractivity contribution in [1.29, 1.82) is 0 Å². The molecule has 2 aromatic carbocycles. The van der Waals surface area contributed by atoms with E-state index in [4.69, 9.17) is 22.1 Å². The third-order valence-corrected chi connectivity index (χ3v) is 7.52. The van der Waals surface area contributed by atoms with Crippen molar-refractivity contribution in [2.75, 3.05) is 31.1 Å². The highest BCUT2D eigenvalue weighted by molar-refractivity contribution is 6.30. The minimum Gasteiger partial charge on any atom is -0.487 e. The van der Waals surface area contributed by atoms with Crippen molar-refractivity contribution in [3.63, 3.8) is 0 Å². The highest BCUT2D eigenvalue weighted by Crippen LogP contribution is 2.38. The van der Waals surface area contributed by atoms with Gasteiger partial charge in [-0.2, -0.15) is 0 Å². The molecule has 0 spiro atoms. The highest BCUT2D eigenvalue weighted by atomic mass is 35.5. The Kier molecular flexibility index (Phi) is 7.43. The van der Waals surface area contributed by atoms with Gasteiger partial charge in [-0.05, 0) is 73.9 Å². The van der Waals surface area contributed by atoms with Gasteiger partial charge in [0.2, 0.25) is 5.91 Å². The minimum absolute atomic E-state index is 0.336. The van der Waals surface area contributed by atoms with Crippen LogP contribution in [0.15, 0.2) is 66.9 Å². The summed E-state index contributed by atoms with van der Waals surface area (Å²) in [6, 6.07) is 17.0. The number of ether oxygens (including phenoxy) is 1. The first-order chi connectivity index (χ1) is 18.2. The molecule has 3 aromatic rings. The lowest BCUT2D eigenvalue weighted by molar-refractivity contribution is -0.120. The van der Waals surface area contributed by atoms with Crippen molar-refractivity contribution >= 4 is 28.8 Å². The summed E-state index contributed by atoms with van der Waals surface area (Å²) in [6.45, 7) is 6.80. The Morgan fingerprint density at radius 3 is 2.71 bits per heavy atom. The second-order valence-corrected chi connectivity index (χ2v) is 10.8. The number of primary amides is 1. The molecule has 38 heavy (non-hydrogen) atoms. The van der Waals surface area contributed by atoms with Gasteiger partial charge >= 0.3 is 0 Å². The van der Waals surface area contributed by atoms with Crippen LogP contribution in [0.2, 0.25) is 5.02 Å². The number of rotatable bonds is 6. The summed E-state index contributed by atoms with van der Waals surface area (Å²) in [6.07, 6.45) is 4.76. The number of aliphatic hydroxyl groups is 1. The molecule has 1 amide bonds. The average molecular weight is 533 g/mol. The van der Waals surface area contributed by atoms with E-state index in [1.165, 1.54) is 0 Å². The van der Waals surface area contributed by atoms with E-state index in [9.17, 15) is 9.90 Å². The summed E-state index contributed by atoms with van der Waals surface area (Å²) >= 11 is 6.05. The number of pyridine rings is 1. The van der Waals surface area contributed by atoms with E-state index in [0.717, 1.165) is 58.9 Å². The number of nitrogens with zero attached hydrogens (tertiary/aromatic N) is 3. The van der Waals surface area contributed by atoms with Gasteiger partial charge in [-0.1, -0.05) is 29.8 Å². The summed E-state index contributed by atoms with van der Waals surface area (Å²) in [4.78, 5) is 21.3. The van der Waals surface area contributed by atoms with Gasteiger partial charge in [-0.25, -0.2) is 0 Å². The first kappa shape index (κ1) is 26.2. The molecule has 8 heteroatoms. The number of hydrogen-bond acceptors (Lipinski definition) is 6. The first-order valence-corrected chi connectivity index (χ1v) is 13.3. The number of anilines is 1. The lowest BCUT2D eigenvalue weighted by Crippen LogP contribution is -2.58.